The topological polar surface area (TPSA) is 35.5 Å². The molecule has 2 aliphatic carbocycles. The summed E-state index contributed by atoms with van der Waals surface area (Å²) in [5, 5.41) is 13.1. The number of likely N-dealkylation sites (tertiary alicyclic amines) is 1. The normalized spacial score (nSPS) is 35.2. The number of hydrogen-bond acceptors (Lipinski definition) is 3. The molecule has 0 aromatic carbocycles. The zero-order chi connectivity index (χ0) is 12.4. The quantitative estimate of drug-likeness (QED) is 0.782. The van der Waals surface area contributed by atoms with Gasteiger partial charge in [-0.15, -0.1) is 0 Å². The van der Waals surface area contributed by atoms with Gasteiger partial charge in [0.15, 0.2) is 0 Å². The standard InChI is InChI=1S/C15H28N2O/c18-11-14(16-13-7-8-13)10-17-9-3-5-12-4-1-2-6-15(12)17/h12-16,18H,1-11H2. The molecule has 3 rings (SSSR count). The van der Waals surface area contributed by atoms with Gasteiger partial charge >= 0.3 is 0 Å². The number of piperidine rings is 1. The van der Waals surface area contributed by atoms with Gasteiger partial charge in [0.2, 0.25) is 0 Å². The summed E-state index contributed by atoms with van der Waals surface area (Å²) in [6, 6.07) is 1.83. The van der Waals surface area contributed by atoms with E-state index >= 15 is 0 Å². The molecule has 1 aliphatic heterocycles. The maximum Gasteiger partial charge on any atom is 0.0597 e. The maximum absolute atomic E-state index is 9.54. The van der Waals surface area contributed by atoms with Crippen molar-refractivity contribution in [1.82, 2.24) is 10.2 Å². The van der Waals surface area contributed by atoms with E-state index in [1.54, 1.807) is 0 Å². The highest BCUT2D eigenvalue weighted by Crippen LogP contribution is 2.35. The van der Waals surface area contributed by atoms with Gasteiger partial charge in [-0.1, -0.05) is 12.8 Å². The number of nitrogens with zero attached hydrogens (tertiary/aromatic N) is 1. The van der Waals surface area contributed by atoms with Gasteiger partial charge in [0.05, 0.1) is 6.61 Å². The van der Waals surface area contributed by atoms with Gasteiger partial charge < -0.3 is 10.4 Å². The Balaban J connectivity index is 1.55. The molecule has 0 spiro atoms. The predicted octanol–water partition coefficient (Wildman–Crippen LogP) is 1.75. The third-order valence-corrected chi connectivity index (χ3v) is 5.08. The molecule has 0 aromatic rings. The van der Waals surface area contributed by atoms with Crippen LogP contribution in [-0.2, 0) is 0 Å². The van der Waals surface area contributed by atoms with Crippen molar-refractivity contribution >= 4 is 0 Å². The molecule has 3 nitrogen and oxygen atoms in total. The monoisotopic (exact) mass is 252 g/mol. The molecule has 2 saturated carbocycles. The molecule has 3 atom stereocenters. The van der Waals surface area contributed by atoms with Crippen molar-refractivity contribution in [2.24, 2.45) is 5.92 Å². The number of aliphatic hydroxyl groups excluding tert-OH is 1. The molecule has 0 amide bonds. The molecule has 104 valence electrons. The summed E-state index contributed by atoms with van der Waals surface area (Å²) in [4.78, 5) is 2.68. The van der Waals surface area contributed by atoms with E-state index in [-0.39, 0.29) is 0 Å². The number of nitrogens with one attached hydrogen (secondary N) is 1. The molecular formula is C15H28N2O. The van der Waals surface area contributed by atoms with E-state index in [2.05, 4.69) is 10.2 Å². The van der Waals surface area contributed by atoms with Gasteiger partial charge in [-0.3, -0.25) is 4.90 Å². The molecule has 18 heavy (non-hydrogen) atoms. The van der Waals surface area contributed by atoms with E-state index < -0.39 is 0 Å². The summed E-state index contributed by atoms with van der Waals surface area (Å²) in [5.41, 5.74) is 0. The molecule has 1 heterocycles. The number of fused-ring (bicyclic) bond motifs is 1. The van der Waals surface area contributed by atoms with Crippen LogP contribution < -0.4 is 5.32 Å². The van der Waals surface area contributed by atoms with Crippen molar-refractivity contribution in [3.8, 4) is 0 Å². The highest BCUT2D eigenvalue weighted by molar-refractivity contribution is 4.91. The second-order valence-electron chi connectivity index (χ2n) is 6.57. The van der Waals surface area contributed by atoms with Crippen LogP contribution in [0.3, 0.4) is 0 Å². The van der Waals surface area contributed by atoms with E-state index in [1.165, 1.54) is 57.9 Å². The van der Waals surface area contributed by atoms with Crippen LogP contribution in [0.2, 0.25) is 0 Å². The van der Waals surface area contributed by atoms with E-state index in [0.717, 1.165) is 18.5 Å². The first-order valence-electron chi connectivity index (χ1n) is 7.98. The molecule has 3 fully saturated rings. The lowest BCUT2D eigenvalue weighted by molar-refractivity contribution is 0.0457. The van der Waals surface area contributed by atoms with Gasteiger partial charge in [0, 0.05) is 24.7 Å². The summed E-state index contributed by atoms with van der Waals surface area (Å²) in [6.07, 6.45) is 11.1. The average molecular weight is 252 g/mol. The second kappa shape index (κ2) is 5.89. The van der Waals surface area contributed by atoms with Gasteiger partial charge in [-0.05, 0) is 51.0 Å². The van der Waals surface area contributed by atoms with Crippen LogP contribution in [0.25, 0.3) is 0 Å². The number of aliphatic hydroxyl groups is 1. The third-order valence-electron chi connectivity index (χ3n) is 5.08. The molecule has 0 aromatic heterocycles. The molecule has 0 bridgehead atoms. The Morgan fingerprint density at radius 1 is 1.06 bits per heavy atom. The van der Waals surface area contributed by atoms with Crippen molar-refractivity contribution in [3.05, 3.63) is 0 Å². The second-order valence-corrected chi connectivity index (χ2v) is 6.57. The third kappa shape index (κ3) is 3.06. The van der Waals surface area contributed by atoms with Crippen molar-refractivity contribution < 1.29 is 5.11 Å². The minimum Gasteiger partial charge on any atom is -0.395 e. The summed E-state index contributed by atoms with van der Waals surface area (Å²) >= 11 is 0. The molecule has 3 unspecified atom stereocenters. The zero-order valence-electron chi connectivity index (χ0n) is 11.5. The Morgan fingerprint density at radius 2 is 1.83 bits per heavy atom. The highest BCUT2D eigenvalue weighted by Gasteiger charge is 2.34. The minimum atomic E-state index is 0.296. The number of hydrogen-bond donors (Lipinski definition) is 2. The van der Waals surface area contributed by atoms with E-state index in [9.17, 15) is 5.11 Å². The summed E-state index contributed by atoms with van der Waals surface area (Å²) in [5.74, 6) is 0.952. The minimum absolute atomic E-state index is 0.296. The SMILES string of the molecule is OCC(CN1CCCC2CCCCC21)NC1CC1. The Morgan fingerprint density at radius 3 is 2.61 bits per heavy atom. The number of rotatable bonds is 5. The van der Waals surface area contributed by atoms with Gasteiger partial charge in [-0.25, -0.2) is 0 Å². The molecule has 3 aliphatic rings. The predicted molar refractivity (Wildman–Crippen MR) is 73.6 cm³/mol. The first-order valence-corrected chi connectivity index (χ1v) is 7.98. The Kier molecular flexibility index (Phi) is 4.22. The van der Waals surface area contributed by atoms with Gasteiger partial charge in [-0.2, -0.15) is 0 Å². The Bertz CT molecular complexity index is 265. The van der Waals surface area contributed by atoms with Crippen LogP contribution in [0.1, 0.15) is 51.4 Å². The molecular weight excluding hydrogens is 224 g/mol. The lowest BCUT2D eigenvalue weighted by Gasteiger charge is -2.45. The fraction of sp³-hybridized carbons (Fsp3) is 1.00. The largest absolute Gasteiger partial charge is 0.395 e. The van der Waals surface area contributed by atoms with Crippen molar-refractivity contribution in [3.63, 3.8) is 0 Å². The summed E-state index contributed by atoms with van der Waals surface area (Å²) in [6.45, 7) is 2.61. The van der Waals surface area contributed by atoms with Crippen LogP contribution in [0.5, 0.6) is 0 Å². The smallest absolute Gasteiger partial charge is 0.0597 e. The van der Waals surface area contributed by atoms with Crippen LogP contribution >= 0.6 is 0 Å². The highest BCUT2D eigenvalue weighted by atomic mass is 16.3. The summed E-state index contributed by atoms with van der Waals surface area (Å²) < 4.78 is 0. The first kappa shape index (κ1) is 12.9. The average Bonchev–Trinajstić information content (AvgIpc) is 3.22. The first-order chi connectivity index (χ1) is 8.86. The fourth-order valence-corrected chi connectivity index (χ4v) is 3.98. The van der Waals surface area contributed by atoms with Crippen LogP contribution in [0.4, 0.5) is 0 Å². The fourth-order valence-electron chi connectivity index (χ4n) is 3.98. The maximum atomic E-state index is 9.54. The molecule has 0 radical (unpaired) electrons. The Hall–Kier alpha value is -0.120. The van der Waals surface area contributed by atoms with E-state index in [1.807, 2.05) is 0 Å². The lowest BCUT2D eigenvalue weighted by atomic mass is 9.78. The van der Waals surface area contributed by atoms with E-state index in [0.29, 0.717) is 18.7 Å². The molecule has 3 heteroatoms. The van der Waals surface area contributed by atoms with Gasteiger partial charge in [0.1, 0.15) is 0 Å². The zero-order valence-corrected chi connectivity index (χ0v) is 11.5. The van der Waals surface area contributed by atoms with Crippen molar-refractivity contribution in [2.45, 2.75) is 69.5 Å². The summed E-state index contributed by atoms with van der Waals surface area (Å²) in [7, 11) is 0. The van der Waals surface area contributed by atoms with Crippen LogP contribution in [0.15, 0.2) is 0 Å². The van der Waals surface area contributed by atoms with Crippen LogP contribution in [0, 0.1) is 5.92 Å². The van der Waals surface area contributed by atoms with Crippen molar-refractivity contribution in [1.29, 1.82) is 0 Å². The molecule has 1 saturated heterocycles. The van der Waals surface area contributed by atoms with E-state index in [4.69, 9.17) is 0 Å². The van der Waals surface area contributed by atoms with Crippen molar-refractivity contribution in [2.75, 3.05) is 19.7 Å². The molecule has 2 N–H and O–H groups in total. The Labute approximate surface area is 111 Å². The van der Waals surface area contributed by atoms with Crippen LogP contribution in [-0.4, -0.2) is 47.8 Å². The van der Waals surface area contributed by atoms with Gasteiger partial charge in [0.25, 0.3) is 0 Å². The lowest BCUT2D eigenvalue weighted by Crippen LogP contribution is -2.53.